The molecule has 0 aliphatic heterocycles. The average Bonchev–Trinajstić information content (AvgIpc) is 2.74. The van der Waals surface area contributed by atoms with Crippen LogP contribution in [0.1, 0.15) is 5.56 Å². The van der Waals surface area contributed by atoms with Crippen LogP contribution in [0.2, 0.25) is 0 Å². The van der Waals surface area contributed by atoms with Crippen LogP contribution in [-0.4, -0.2) is 24.9 Å². The Labute approximate surface area is 166 Å². The maximum atomic E-state index is 5.28. The number of hydrogen-bond donors (Lipinski definition) is 0. The molecule has 0 unspecified atom stereocenters. The van der Waals surface area contributed by atoms with Gasteiger partial charge in [-0.1, -0.05) is 59.6 Å². The standard InChI is InChI=1S/C24H21BN2O/c1-16-3-5-19(6-4-16)24-26-22(17-7-11-20(25)12-8-17)15-23(27-24)18-9-13-21(28-2)14-10-18/h3-15H,25H2,1-2H3. The van der Waals surface area contributed by atoms with Crippen LogP contribution in [0.3, 0.4) is 0 Å². The molecule has 1 aromatic heterocycles. The molecule has 1 heterocycles. The maximum absolute atomic E-state index is 5.28. The summed E-state index contributed by atoms with van der Waals surface area (Å²) in [6.07, 6.45) is 0. The van der Waals surface area contributed by atoms with E-state index in [1.54, 1.807) is 7.11 Å². The van der Waals surface area contributed by atoms with E-state index in [0.29, 0.717) is 0 Å². The van der Waals surface area contributed by atoms with Crippen LogP contribution >= 0.6 is 0 Å². The Morgan fingerprint density at radius 3 is 1.71 bits per heavy atom. The van der Waals surface area contributed by atoms with E-state index in [-0.39, 0.29) is 0 Å². The summed E-state index contributed by atoms with van der Waals surface area (Å²) >= 11 is 0. The van der Waals surface area contributed by atoms with Crippen LogP contribution in [0.5, 0.6) is 5.75 Å². The van der Waals surface area contributed by atoms with E-state index < -0.39 is 0 Å². The minimum Gasteiger partial charge on any atom is -0.497 e. The van der Waals surface area contributed by atoms with E-state index in [4.69, 9.17) is 14.7 Å². The van der Waals surface area contributed by atoms with Gasteiger partial charge in [-0.3, -0.25) is 0 Å². The summed E-state index contributed by atoms with van der Waals surface area (Å²) in [6.45, 7) is 2.08. The number of benzene rings is 3. The van der Waals surface area contributed by atoms with Crippen molar-refractivity contribution in [3.63, 3.8) is 0 Å². The van der Waals surface area contributed by atoms with Crippen molar-refractivity contribution < 1.29 is 4.74 Å². The van der Waals surface area contributed by atoms with Crippen molar-refractivity contribution in [2.75, 3.05) is 7.11 Å². The molecule has 0 aliphatic rings. The molecule has 0 bridgehead atoms. The zero-order chi connectivity index (χ0) is 19.5. The predicted molar refractivity (Wildman–Crippen MR) is 118 cm³/mol. The minimum absolute atomic E-state index is 0.726. The third-order valence-corrected chi connectivity index (χ3v) is 4.77. The van der Waals surface area contributed by atoms with Crippen molar-refractivity contribution in [2.45, 2.75) is 6.92 Å². The van der Waals surface area contributed by atoms with Crippen LogP contribution < -0.4 is 10.2 Å². The van der Waals surface area contributed by atoms with Gasteiger partial charge in [-0.2, -0.15) is 0 Å². The summed E-state index contributed by atoms with van der Waals surface area (Å²) < 4.78 is 5.28. The number of hydrogen-bond acceptors (Lipinski definition) is 3. The minimum atomic E-state index is 0.726. The van der Waals surface area contributed by atoms with Gasteiger partial charge in [-0.15, -0.1) is 0 Å². The normalized spacial score (nSPS) is 10.6. The Bertz CT molecular complexity index is 1030. The van der Waals surface area contributed by atoms with Crippen molar-refractivity contribution in [1.29, 1.82) is 0 Å². The molecule has 0 aliphatic carbocycles. The van der Waals surface area contributed by atoms with Gasteiger partial charge in [-0.05, 0) is 37.3 Å². The van der Waals surface area contributed by atoms with Crippen molar-refractivity contribution in [3.05, 3.63) is 84.4 Å². The van der Waals surface area contributed by atoms with Gasteiger partial charge in [-0.25, -0.2) is 9.97 Å². The second kappa shape index (κ2) is 7.69. The Hall–Kier alpha value is -3.40. The molecule has 0 fully saturated rings. The van der Waals surface area contributed by atoms with Gasteiger partial charge >= 0.3 is 0 Å². The third-order valence-electron chi connectivity index (χ3n) is 4.77. The number of ether oxygens (including phenoxy) is 1. The highest BCUT2D eigenvalue weighted by atomic mass is 16.5. The SMILES string of the molecule is Bc1ccc(-c2cc(-c3ccc(OC)cc3)nc(-c3ccc(C)cc3)n2)cc1. The topological polar surface area (TPSA) is 35.0 Å². The summed E-state index contributed by atoms with van der Waals surface area (Å²) in [5.74, 6) is 1.55. The molecule has 0 N–H and O–H groups in total. The molecule has 0 spiro atoms. The first-order chi connectivity index (χ1) is 13.6. The molecule has 28 heavy (non-hydrogen) atoms. The fourth-order valence-electron chi connectivity index (χ4n) is 3.06. The molecule has 4 rings (SSSR count). The van der Waals surface area contributed by atoms with Crippen LogP contribution in [-0.2, 0) is 0 Å². The largest absolute Gasteiger partial charge is 0.497 e. The molecule has 4 heteroatoms. The molecule has 0 amide bonds. The Balaban J connectivity index is 1.86. The number of nitrogens with zero attached hydrogens (tertiary/aromatic N) is 2. The molecule has 0 atom stereocenters. The van der Waals surface area contributed by atoms with E-state index in [2.05, 4.69) is 63.3 Å². The molecule has 0 saturated heterocycles. The molecule has 3 nitrogen and oxygen atoms in total. The van der Waals surface area contributed by atoms with E-state index in [0.717, 1.165) is 39.7 Å². The number of methoxy groups -OCH3 is 1. The fourth-order valence-corrected chi connectivity index (χ4v) is 3.06. The van der Waals surface area contributed by atoms with Crippen LogP contribution in [0.15, 0.2) is 78.9 Å². The van der Waals surface area contributed by atoms with E-state index >= 15 is 0 Å². The summed E-state index contributed by atoms with van der Waals surface area (Å²) in [6, 6.07) is 26.7. The van der Waals surface area contributed by atoms with E-state index in [1.807, 2.05) is 30.3 Å². The number of rotatable bonds is 4. The van der Waals surface area contributed by atoms with Gasteiger partial charge in [0.2, 0.25) is 0 Å². The van der Waals surface area contributed by atoms with Gasteiger partial charge < -0.3 is 4.74 Å². The number of aromatic nitrogens is 2. The highest BCUT2D eigenvalue weighted by Gasteiger charge is 2.10. The first-order valence-electron chi connectivity index (χ1n) is 9.30. The Morgan fingerprint density at radius 1 is 0.679 bits per heavy atom. The van der Waals surface area contributed by atoms with Gasteiger partial charge in [0, 0.05) is 16.7 Å². The smallest absolute Gasteiger partial charge is 0.160 e. The second-order valence-corrected chi connectivity index (χ2v) is 6.92. The lowest BCUT2D eigenvalue weighted by Gasteiger charge is -2.10. The van der Waals surface area contributed by atoms with Crippen LogP contribution in [0, 0.1) is 6.92 Å². The molecular formula is C24H21BN2O. The number of aryl methyl sites for hydroxylation is 1. The van der Waals surface area contributed by atoms with Crippen molar-refractivity contribution in [1.82, 2.24) is 9.97 Å². The molecule has 4 aromatic rings. The Kier molecular flexibility index (Phi) is 4.94. The summed E-state index contributed by atoms with van der Waals surface area (Å²) in [4.78, 5) is 9.71. The van der Waals surface area contributed by atoms with Crippen LogP contribution in [0.25, 0.3) is 33.9 Å². The summed E-state index contributed by atoms with van der Waals surface area (Å²) in [5, 5.41) is 0. The highest BCUT2D eigenvalue weighted by Crippen LogP contribution is 2.28. The maximum Gasteiger partial charge on any atom is 0.160 e. The highest BCUT2D eigenvalue weighted by molar-refractivity contribution is 6.32. The van der Waals surface area contributed by atoms with Crippen molar-refractivity contribution in [3.8, 4) is 39.7 Å². The second-order valence-electron chi connectivity index (χ2n) is 6.92. The molecule has 3 aromatic carbocycles. The monoisotopic (exact) mass is 364 g/mol. The summed E-state index contributed by atoms with van der Waals surface area (Å²) in [5.41, 5.74) is 7.37. The first-order valence-corrected chi connectivity index (χ1v) is 9.30. The lowest BCUT2D eigenvalue weighted by atomic mass is 9.94. The Morgan fingerprint density at radius 2 is 1.18 bits per heavy atom. The summed E-state index contributed by atoms with van der Waals surface area (Å²) in [7, 11) is 3.76. The van der Waals surface area contributed by atoms with Gasteiger partial charge in [0.25, 0.3) is 0 Å². The zero-order valence-electron chi connectivity index (χ0n) is 16.3. The molecule has 0 saturated carbocycles. The van der Waals surface area contributed by atoms with Crippen LogP contribution in [0.4, 0.5) is 0 Å². The van der Waals surface area contributed by atoms with Gasteiger partial charge in [0.15, 0.2) is 5.82 Å². The first kappa shape index (κ1) is 18.0. The van der Waals surface area contributed by atoms with Gasteiger partial charge in [0.1, 0.15) is 13.6 Å². The van der Waals surface area contributed by atoms with E-state index in [9.17, 15) is 0 Å². The molecular weight excluding hydrogens is 343 g/mol. The molecule has 0 radical (unpaired) electrons. The quantitative estimate of drug-likeness (QED) is 0.513. The average molecular weight is 364 g/mol. The van der Waals surface area contributed by atoms with E-state index in [1.165, 1.54) is 11.0 Å². The fraction of sp³-hybridized carbons (Fsp3) is 0.0833. The van der Waals surface area contributed by atoms with Crippen molar-refractivity contribution in [2.24, 2.45) is 0 Å². The third kappa shape index (κ3) is 3.81. The van der Waals surface area contributed by atoms with Gasteiger partial charge in [0.05, 0.1) is 18.5 Å². The zero-order valence-corrected chi connectivity index (χ0v) is 16.3. The molecule has 136 valence electrons. The lowest BCUT2D eigenvalue weighted by Crippen LogP contribution is -2.00. The lowest BCUT2D eigenvalue weighted by molar-refractivity contribution is 0.415. The van der Waals surface area contributed by atoms with Crippen molar-refractivity contribution >= 4 is 13.3 Å². The predicted octanol–water partition coefficient (Wildman–Crippen LogP) is 4.05.